The van der Waals surface area contributed by atoms with Crippen molar-refractivity contribution in [3.8, 4) is 0 Å². The second-order valence-corrected chi connectivity index (χ2v) is 5.22. The smallest absolute Gasteiger partial charge is 0.0857 e. The number of rotatable bonds is 6. The van der Waals surface area contributed by atoms with Gasteiger partial charge < -0.3 is 10.2 Å². The summed E-state index contributed by atoms with van der Waals surface area (Å²) in [5.41, 5.74) is 0.797. The van der Waals surface area contributed by atoms with E-state index < -0.39 is 12.2 Å². The number of halogens is 1. The van der Waals surface area contributed by atoms with Crippen LogP contribution in [0.3, 0.4) is 0 Å². The van der Waals surface area contributed by atoms with Crippen LogP contribution in [0, 0.1) is 5.92 Å². The van der Waals surface area contributed by atoms with Crippen LogP contribution < -0.4 is 0 Å². The first-order valence-corrected chi connectivity index (χ1v) is 6.84. The number of hydrogen-bond donors (Lipinski definition) is 2. The number of aliphatic hydroxyl groups is 2. The molecule has 96 valence electrons. The maximum absolute atomic E-state index is 10.0. The zero-order chi connectivity index (χ0) is 12.8. The molecule has 1 aromatic heterocycles. The van der Waals surface area contributed by atoms with Crippen LogP contribution in [0.4, 0.5) is 0 Å². The topological polar surface area (TPSA) is 53.4 Å². The van der Waals surface area contributed by atoms with Crippen molar-refractivity contribution < 1.29 is 10.2 Å². The van der Waals surface area contributed by atoms with Crippen LogP contribution in [0.1, 0.15) is 32.4 Å². The summed E-state index contributed by atoms with van der Waals surface area (Å²) >= 11 is 3.31. The average Bonchev–Trinajstić information content (AvgIpc) is 2.33. The SMILES string of the molecule is CCC(CC)C(O)C(O)Cc1ccc(Br)cn1. The molecule has 0 saturated heterocycles. The van der Waals surface area contributed by atoms with Crippen molar-refractivity contribution in [1.29, 1.82) is 0 Å². The lowest BCUT2D eigenvalue weighted by Gasteiger charge is -2.24. The second kappa shape index (κ2) is 7.09. The Hall–Kier alpha value is -0.450. The Kier molecular flexibility index (Phi) is 6.09. The van der Waals surface area contributed by atoms with Crippen LogP contribution in [-0.4, -0.2) is 27.4 Å². The van der Waals surface area contributed by atoms with E-state index in [1.807, 2.05) is 26.0 Å². The van der Waals surface area contributed by atoms with Crippen molar-refractivity contribution in [3.63, 3.8) is 0 Å². The Labute approximate surface area is 111 Å². The number of hydrogen-bond acceptors (Lipinski definition) is 3. The monoisotopic (exact) mass is 301 g/mol. The van der Waals surface area contributed by atoms with Crippen molar-refractivity contribution in [2.24, 2.45) is 5.92 Å². The van der Waals surface area contributed by atoms with Crippen molar-refractivity contribution in [2.45, 2.75) is 45.3 Å². The number of aromatic nitrogens is 1. The molecule has 4 heteroatoms. The highest BCUT2D eigenvalue weighted by Crippen LogP contribution is 2.18. The van der Waals surface area contributed by atoms with Gasteiger partial charge in [0.05, 0.1) is 12.2 Å². The van der Waals surface area contributed by atoms with Crippen molar-refractivity contribution in [3.05, 3.63) is 28.5 Å². The highest BCUT2D eigenvalue weighted by molar-refractivity contribution is 9.10. The molecule has 1 rings (SSSR count). The molecule has 3 nitrogen and oxygen atoms in total. The molecule has 17 heavy (non-hydrogen) atoms. The second-order valence-electron chi connectivity index (χ2n) is 4.31. The van der Waals surface area contributed by atoms with E-state index in [4.69, 9.17) is 0 Å². The third kappa shape index (κ3) is 4.37. The first-order valence-electron chi connectivity index (χ1n) is 6.05. The first-order chi connectivity index (χ1) is 8.08. The molecular weight excluding hydrogens is 282 g/mol. The van der Waals surface area contributed by atoms with Crippen LogP contribution in [0.25, 0.3) is 0 Å². The van der Waals surface area contributed by atoms with Gasteiger partial charge in [-0.05, 0) is 34.0 Å². The van der Waals surface area contributed by atoms with Gasteiger partial charge in [0.1, 0.15) is 0 Å². The molecule has 0 aliphatic carbocycles. The third-order valence-corrected chi connectivity index (χ3v) is 3.60. The van der Waals surface area contributed by atoms with E-state index in [9.17, 15) is 10.2 Å². The summed E-state index contributed by atoms with van der Waals surface area (Å²) in [7, 11) is 0. The van der Waals surface area contributed by atoms with E-state index in [2.05, 4.69) is 20.9 Å². The van der Waals surface area contributed by atoms with Gasteiger partial charge in [0.15, 0.2) is 0 Å². The Bertz CT molecular complexity index is 325. The Morgan fingerprint density at radius 2 is 1.88 bits per heavy atom. The highest BCUT2D eigenvalue weighted by Gasteiger charge is 2.24. The van der Waals surface area contributed by atoms with Gasteiger partial charge in [-0.1, -0.05) is 26.7 Å². The molecule has 0 spiro atoms. The molecule has 0 saturated carbocycles. The summed E-state index contributed by atoms with van der Waals surface area (Å²) in [6.07, 6.45) is 2.44. The van der Waals surface area contributed by atoms with Crippen LogP contribution in [0.5, 0.6) is 0 Å². The van der Waals surface area contributed by atoms with Gasteiger partial charge in [-0.2, -0.15) is 0 Å². The van der Waals surface area contributed by atoms with Crippen LogP contribution in [0.2, 0.25) is 0 Å². The summed E-state index contributed by atoms with van der Waals surface area (Å²) in [4.78, 5) is 4.19. The summed E-state index contributed by atoms with van der Waals surface area (Å²) in [5, 5.41) is 20.0. The van der Waals surface area contributed by atoms with Gasteiger partial charge in [0.25, 0.3) is 0 Å². The number of pyridine rings is 1. The Morgan fingerprint density at radius 1 is 1.24 bits per heavy atom. The van der Waals surface area contributed by atoms with Crippen LogP contribution >= 0.6 is 15.9 Å². The molecule has 0 bridgehead atoms. The Balaban J connectivity index is 2.58. The van der Waals surface area contributed by atoms with E-state index in [0.29, 0.717) is 6.42 Å². The largest absolute Gasteiger partial charge is 0.390 e. The van der Waals surface area contributed by atoms with Gasteiger partial charge in [-0.25, -0.2) is 0 Å². The molecule has 0 amide bonds. The predicted molar refractivity (Wildman–Crippen MR) is 71.7 cm³/mol. The first kappa shape index (κ1) is 14.6. The fourth-order valence-electron chi connectivity index (χ4n) is 1.95. The zero-order valence-electron chi connectivity index (χ0n) is 10.3. The molecule has 2 N–H and O–H groups in total. The molecule has 2 unspecified atom stereocenters. The molecule has 0 fully saturated rings. The Morgan fingerprint density at radius 3 is 2.35 bits per heavy atom. The minimum atomic E-state index is -0.742. The normalized spacial score (nSPS) is 14.9. The summed E-state index contributed by atoms with van der Waals surface area (Å²) < 4.78 is 0.913. The lowest BCUT2D eigenvalue weighted by atomic mass is 9.91. The van der Waals surface area contributed by atoms with Crippen LogP contribution in [0.15, 0.2) is 22.8 Å². The quantitative estimate of drug-likeness (QED) is 0.849. The summed E-state index contributed by atoms with van der Waals surface area (Å²) in [6, 6.07) is 3.74. The molecule has 0 aliphatic rings. The van der Waals surface area contributed by atoms with Crippen molar-refractivity contribution in [2.75, 3.05) is 0 Å². The fraction of sp³-hybridized carbons (Fsp3) is 0.615. The summed E-state index contributed by atoms with van der Waals surface area (Å²) in [6.45, 7) is 4.06. The zero-order valence-corrected chi connectivity index (χ0v) is 11.9. The molecule has 1 aromatic rings. The van der Waals surface area contributed by atoms with Gasteiger partial charge >= 0.3 is 0 Å². The fourth-order valence-corrected chi connectivity index (χ4v) is 2.18. The number of aliphatic hydroxyl groups excluding tert-OH is 2. The standard InChI is InChI=1S/C13H20BrNO2/c1-3-9(4-2)13(17)12(16)7-11-6-5-10(14)8-15-11/h5-6,8-9,12-13,16-17H,3-4,7H2,1-2H3. The van der Waals surface area contributed by atoms with Gasteiger partial charge in [0.2, 0.25) is 0 Å². The van der Waals surface area contributed by atoms with E-state index >= 15 is 0 Å². The molecule has 0 radical (unpaired) electrons. The maximum Gasteiger partial charge on any atom is 0.0857 e. The number of nitrogens with zero attached hydrogens (tertiary/aromatic N) is 1. The van der Waals surface area contributed by atoms with Gasteiger partial charge in [-0.3, -0.25) is 4.98 Å². The van der Waals surface area contributed by atoms with E-state index in [0.717, 1.165) is 23.0 Å². The molecule has 2 atom stereocenters. The lowest BCUT2D eigenvalue weighted by Crippen LogP contribution is -2.34. The molecular formula is C13H20BrNO2. The van der Waals surface area contributed by atoms with Crippen molar-refractivity contribution in [1.82, 2.24) is 4.98 Å². The van der Waals surface area contributed by atoms with Crippen LogP contribution in [-0.2, 0) is 6.42 Å². The average molecular weight is 302 g/mol. The predicted octanol–water partition coefficient (Wildman–Crippen LogP) is 2.54. The van der Waals surface area contributed by atoms with Crippen molar-refractivity contribution >= 4 is 15.9 Å². The minimum absolute atomic E-state index is 0.153. The van der Waals surface area contributed by atoms with E-state index in [1.54, 1.807) is 6.20 Å². The minimum Gasteiger partial charge on any atom is -0.390 e. The lowest BCUT2D eigenvalue weighted by molar-refractivity contribution is -0.0192. The molecule has 0 aliphatic heterocycles. The van der Waals surface area contributed by atoms with Gasteiger partial charge in [0, 0.05) is 22.8 Å². The highest BCUT2D eigenvalue weighted by atomic mass is 79.9. The molecule has 0 aromatic carbocycles. The summed E-state index contributed by atoms with van der Waals surface area (Å²) in [5.74, 6) is 0.153. The van der Waals surface area contributed by atoms with Gasteiger partial charge in [-0.15, -0.1) is 0 Å². The maximum atomic E-state index is 10.0. The molecule has 1 heterocycles. The third-order valence-electron chi connectivity index (χ3n) is 3.13. The van der Waals surface area contributed by atoms with E-state index in [-0.39, 0.29) is 5.92 Å². The van der Waals surface area contributed by atoms with E-state index in [1.165, 1.54) is 0 Å².